The Morgan fingerprint density at radius 3 is 2.30 bits per heavy atom. The quantitative estimate of drug-likeness (QED) is 0.496. The van der Waals surface area contributed by atoms with Crippen molar-refractivity contribution in [1.82, 2.24) is 4.90 Å². The number of aryl methyl sites for hydroxylation is 1. The van der Waals surface area contributed by atoms with Crippen molar-refractivity contribution in [3.8, 4) is 17.2 Å². The zero-order valence-electron chi connectivity index (χ0n) is 19.1. The smallest absolute Gasteiger partial charge is 0.254 e. The summed E-state index contributed by atoms with van der Waals surface area (Å²) in [6, 6.07) is 17.2. The molecule has 5 nitrogen and oxygen atoms in total. The number of ether oxygens (including phenoxy) is 3. The summed E-state index contributed by atoms with van der Waals surface area (Å²) < 4.78 is 30.5. The molecule has 0 spiro atoms. The molecule has 172 valence electrons. The summed E-state index contributed by atoms with van der Waals surface area (Å²) in [7, 11) is 3.20. The average Bonchev–Trinajstić information content (AvgIpc) is 2.86. The van der Waals surface area contributed by atoms with Crippen molar-refractivity contribution in [2.24, 2.45) is 0 Å². The Balaban J connectivity index is 1.68. The fraction of sp³-hybridized carbons (Fsp3) is 0.296. The van der Waals surface area contributed by atoms with Gasteiger partial charge in [-0.1, -0.05) is 19.1 Å². The second-order valence-electron chi connectivity index (χ2n) is 7.99. The molecular weight excluding hydrogens is 421 g/mol. The Kier molecular flexibility index (Phi) is 6.82. The van der Waals surface area contributed by atoms with E-state index in [0.29, 0.717) is 30.0 Å². The fourth-order valence-electron chi connectivity index (χ4n) is 4.21. The minimum absolute atomic E-state index is 0.162. The molecule has 0 N–H and O–H groups in total. The summed E-state index contributed by atoms with van der Waals surface area (Å²) in [5.74, 6) is 1.47. The maximum absolute atomic E-state index is 13.4. The highest BCUT2D eigenvalue weighted by molar-refractivity contribution is 5.94. The van der Waals surface area contributed by atoms with E-state index in [2.05, 4.69) is 6.92 Å². The third kappa shape index (κ3) is 4.80. The van der Waals surface area contributed by atoms with Crippen LogP contribution in [0, 0.1) is 5.82 Å². The number of hydrogen-bond acceptors (Lipinski definition) is 4. The van der Waals surface area contributed by atoms with Crippen LogP contribution in [0.4, 0.5) is 4.39 Å². The molecule has 1 aliphatic rings. The van der Waals surface area contributed by atoms with Crippen LogP contribution in [0.5, 0.6) is 17.2 Å². The Morgan fingerprint density at radius 1 is 1.00 bits per heavy atom. The van der Waals surface area contributed by atoms with Crippen LogP contribution < -0.4 is 14.2 Å². The highest BCUT2D eigenvalue weighted by Crippen LogP contribution is 2.39. The molecule has 0 aromatic heterocycles. The van der Waals surface area contributed by atoms with Crippen LogP contribution in [-0.4, -0.2) is 38.2 Å². The van der Waals surface area contributed by atoms with Crippen molar-refractivity contribution in [3.63, 3.8) is 0 Å². The largest absolute Gasteiger partial charge is 0.493 e. The summed E-state index contributed by atoms with van der Waals surface area (Å²) >= 11 is 0. The summed E-state index contributed by atoms with van der Waals surface area (Å²) in [4.78, 5) is 15.2. The second kappa shape index (κ2) is 9.94. The van der Waals surface area contributed by atoms with Gasteiger partial charge in [-0.05, 0) is 78.1 Å². The van der Waals surface area contributed by atoms with E-state index in [4.69, 9.17) is 14.2 Å². The predicted octanol–water partition coefficient (Wildman–Crippen LogP) is 5.22. The van der Waals surface area contributed by atoms with Gasteiger partial charge in [-0.2, -0.15) is 0 Å². The number of hydrogen-bond donors (Lipinski definition) is 0. The monoisotopic (exact) mass is 449 g/mol. The molecule has 1 aliphatic heterocycles. The summed E-state index contributed by atoms with van der Waals surface area (Å²) in [6.07, 6.45) is 1.63. The number of nitrogens with zero attached hydrogens (tertiary/aromatic N) is 1. The van der Waals surface area contributed by atoms with E-state index >= 15 is 0 Å². The molecule has 1 heterocycles. The predicted molar refractivity (Wildman–Crippen MR) is 125 cm³/mol. The van der Waals surface area contributed by atoms with Gasteiger partial charge in [0.25, 0.3) is 5.91 Å². The number of rotatable bonds is 7. The van der Waals surface area contributed by atoms with Crippen LogP contribution in [0.1, 0.15) is 40.0 Å². The van der Waals surface area contributed by atoms with Crippen molar-refractivity contribution in [1.29, 1.82) is 0 Å². The van der Waals surface area contributed by atoms with Gasteiger partial charge in [0, 0.05) is 12.1 Å². The molecule has 0 radical (unpaired) electrons. The maximum Gasteiger partial charge on any atom is 0.254 e. The molecule has 0 bridgehead atoms. The molecule has 4 rings (SSSR count). The lowest BCUT2D eigenvalue weighted by atomic mass is 9.91. The molecule has 0 aliphatic carbocycles. The first-order valence-corrected chi connectivity index (χ1v) is 11.1. The highest BCUT2D eigenvalue weighted by atomic mass is 19.1. The molecule has 0 fully saturated rings. The van der Waals surface area contributed by atoms with Gasteiger partial charge >= 0.3 is 0 Å². The summed E-state index contributed by atoms with van der Waals surface area (Å²) in [5.41, 5.74) is 3.72. The Morgan fingerprint density at radius 2 is 1.67 bits per heavy atom. The molecule has 0 saturated heterocycles. The number of halogens is 1. The van der Waals surface area contributed by atoms with Crippen molar-refractivity contribution >= 4 is 5.91 Å². The first kappa shape index (κ1) is 22.6. The SMILES string of the molecule is CCc1ccc(OC[C@H]2c3cc(OC)c(OC)cc3CCN2C(=O)c2ccc(F)cc2)cc1. The van der Waals surface area contributed by atoms with Gasteiger partial charge in [-0.15, -0.1) is 0 Å². The Bertz CT molecular complexity index is 1110. The van der Waals surface area contributed by atoms with E-state index in [0.717, 1.165) is 23.3 Å². The number of amides is 1. The molecule has 1 atom stereocenters. The third-order valence-electron chi connectivity index (χ3n) is 6.09. The lowest BCUT2D eigenvalue weighted by Gasteiger charge is -2.37. The molecular formula is C27H28FNO4. The molecule has 6 heteroatoms. The molecule has 0 unspecified atom stereocenters. The lowest BCUT2D eigenvalue weighted by Crippen LogP contribution is -2.42. The number of carbonyl (C=O) groups excluding carboxylic acids is 1. The molecule has 1 amide bonds. The Hall–Kier alpha value is -3.54. The zero-order chi connectivity index (χ0) is 23.4. The average molecular weight is 450 g/mol. The molecule has 3 aromatic rings. The van der Waals surface area contributed by atoms with E-state index in [1.165, 1.54) is 29.8 Å². The van der Waals surface area contributed by atoms with Crippen LogP contribution in [-0.2, 0) is 12.8 Å². The standard InChI is InChI=1S/C27H28FNO4/c1-4-18-5-11-22(12-6-18)33-17-24-23-16-26(32-3)25(31-2)15-20(23)13-14-29(24)27(30)19-7-9-21(28)10-8-19/h5-12,15-16,24H,4,13-14,17H2,1-3H3/t24-/m0/s1. The van der Waals surface area contributed by atoms with E-state index in [9.17, 15) is 9.18 Å². The minimum Gasteiger partial charge on any atom is -0.493 e. The summed E-state index contributed by atoms with van der Waals surface area (Å²) in [5, 5.41) is 0. The van der Waals surface area contributed by atoms with Gasteiger partial charge in [0.1, 0.15) is 18.2 Å². The minimum atomic E-state index is -0.372. The van der Waals surface area contributed by atoms with E-state index in [-0.39, 0.29) is 24.4 Å². The van der Waals surface area contributed by atoms with Crippen molar-refractivity contribution in [2.45, 2.75) is 25.8 Å². The summed E-state index contributed by atoms with van der Waals surface area (Å²) in [6.45, 7) is 2.90. The van der Waals surface area contributed by atoms with Crippen LogP contribution in [0.15, 0.2) is 60.7 Å². The first-order chi connectivity index (χ1) is 16.0. The maximum atomic E-state index is 13.4. The van der Waals surface area contributed by atoms with Crippen LogP contribution in [0.25, 0.3) is 0 Å². The number of benzene rings is 3. The van der Waals surface area contributed by atoms with Gasteiger partial charge < -0.3 is 19.1 Å². The number of methoxy groups -OCH3 is 2. The van der Waals surface area contributed by atoms with Gasteiger partial charge in [0.15, 0.2) is 11.5 Å². The topological polar surface area (TPSA) is 48.0 Å². The van der Waals surface area contributed by atoms with E-state index in [1.807, 2.05) is 36.4 Å². The fourth-order valence-corrected chi connectivity index (χ4v) is 4.21. The molecule has 0 saturated carbocycles. The third-order valence-corrected chi connectivity index (χ3v) is 6.09. The lowest BCUT2D eigenvalue weighted by molar-refractivity contribution is 0.0589. The molecule has 33 heavy (non-hydrogen) atoms. The molecule has 3 aromatic carbocycles. The normalized spacial score (nSPS) is 15.0. The highest BCUT2D eigenvalue weighted by Gasteiger charge is 2.33. The second-order valence-corrected chi connectivity index (χ2v) is 7.99. The van der Waals surface area contributed by atoms with Crippen molar-refractivity contribution in [2.75, 3.05) is 27.4 Å². The van der Waals surface area contributed by atoms with Gasteiger partial charge in [0.2, 0.25) is 0 Å². The first-order valence-electron chi connectivity index (χ1n) is 11.1. The number of carbonyl (C=O) groups is 1. The van der Waals surface area contributed by atoms with Gasteiger partial charge in [-0.3, -0.25) is 4.79 Å². The number of fused-ring (bicyclic) bond motifs is 1. The van der Waals surface area contributed by atoms with Crippen LogP contribution in [0.2, 0.25) is 0 Å². The Labute approximate surface area is 193 Å². The van der Waals surface area contributed by atoms with Gasteiger partial charge in [0.05, 0.1) is 20.3 Å². The van der Waals surface area contributed by atoms with E-state index < -0.39 is 0 Å². The van der Waals surface area contributed by atoms with Crippen molar-refractivity contribution < 1.29 is 23.4 Å². The van der Waals surface area contributed by atoms with E-state index in [1.54, 1.807) is 19.1 Å². The van der Waals surface area contributed by atoms with Crippen molar-refractivity contribution in [3.05, 3.63) is 88.7 Å². The zero-order valence-corrected chi connectivity index (χ0v) is 19.1. The van der Waals surface area contributed by atoms with Crippen LogP contribution in [0.3, 0.4) is 0 Å². The van der Waals surface area contributed by atoms with Crippen LogP contribution >= 0.6 is 0 Å². The van der Waals surface area contributed by atoms with Gasteiger partial charge in [-0.25, -0.2) is 4.39 Å².